The van der Waals surface area contributed by atoms with Gasteiger partial charge in [-0.3, -0.25) is 0 Å². The van der Waals surface area contributed by atoms with Gasteiger partial charge in [-0.05, 0) is 13.7 Å². The normalized spacial score (nSPS) is 96.0. The lowest BCUT2D eigenvalue weighted by molar-refractivity contribution is 0.358. The molecule has 1 aliphatic rings. The maximum atomic E-state index is 7.82. The number of rotatable bonds is 0. The Morgan fingerprint density at radius 3 is 2.38 bits per heavy atom. The lowest BCUT2D eigenvalue weighted by Crippen LogP contribution is -2.52. The van der Waals surface area contributed by atoms with E-state index >= 15 is 0 Å². The SMILES string of the molecule is [2H]C([2H])([2H])C1([2H])NC([2H])([2H])C([2H])([2H])NC1([2H])C([2H])([2H])[2H]. The Balaban J connectivity index is 3.55. The number of hydrogen-bond donors (Lipinski definition) is 2. The molecule has 8 heavy (non-hydrogen) atoms. The minimum absolute atomic E-state index is 1.55. The molecule has 48 valence electrons. The zero-order valence-corrected chi connectivity index (χ0v) is 4.00. The molecule has 0 radical (unpaired) electrons. The highest BCUT2D eigenvalue weighted by Crippen LogP contribution is 1.93. The van der Waals surface area contributed by atoms with Crippen LogP contribution in [0.3, 0.4) is 0 Å². The first-order chi connectivity index (χ1) is 8.41. The van der Waals surface area contributed by atoms with E-state index in [4.69, 9.17) is 16.4 Å². The Morgan fingerprint density at radius 2 is 2.00 bits per heavy atom. The highest BCUT2D eigenvalue weighted by atomic mass is 15.1. The topological polar surface area (TPSA) is 24.1 Å². The third kappa shape index (κ3) is 1.20. The lowest BCUT2D eigenvalue weighted by atomic mass is 10.1. The molecule has 0 aromatic rings. The summed E-state index contributed by atoms with van der Waals surface area (Å²) in [5.41, 5.74) is 0. The Hall–Kier alpha value is -0.0800. The van der Waals surface area contributed by atoms with E-state index in [1.54, 1.807) is 10.6 Å². The minimum atomic E-state index is -3.39. The van der Waals surface area contributed by atoms with Gasteiger partial charge in [-0.1, -0.05) is 0 Å². The van der Waals surface area contributed by atoms with Gasteiger partial charge >= 0.3 is 0 Å². The summed E-state index contributed by atoms with van der Waals surface area (Å²) in [5.74, 6) is 0. The third-order valence-corrected chi connectivity index (χ3v) is 0.688. The molecule has 1 saturated heterocycles. The second-order valence-electron chi connectivity index (χ2n) is 1.25. The van der Waals surface area contributed by atoms with E-state index < -0.39 is 38.7 Å². The van der Waals surface area contributed by atoms with Crippen LogP contribution in [0.1, 0.15) is 30.2 Å². The zero-order chi connectivity index (χ0) is 16.4. The van der Waals surface area contributed by atoms with Crippen LogP contribution in [-0.2, 0) is 0 Å². The molecule has 2 heteroatoms. The molecule has 0 spiro atoms. The van der Waals surface area contributed by atoms with Crippen LogP contribution < -0.4 is 10.6 Å². The Labute approximate surface area is 67.5 Å². The first-order valence-electron chi connectivity index (χ1n) is 8.00. The molecule has 1 fully saturated rings. The van der Waals surface area contributed by atoms with E-state index in [-0.39, 0.29) is 0 Å². The van der Waals surface area contributed by atoms with Crippen LogP contribution >= 0.6 is 0 Å². The average Bonchev–Trinajstić information content (AvgIpc) is 2.09. The molecule has 0 aromatic carbocycles. The predicted octanol–water partition coefficient (Wildman–Crippen LogP) is -0.0438. The van der Waals surface area contributed by atoms with E-state index in [2.05, 4.69) is 0 Å². The number of nitrogens with one attached hydrogen (secondary N) is 2. The molecule has 0 saturated carbocycles. The van der Waals surface area contributed by atoms with Crippen molar-refractivity contribution in [2.45, 2.75) is 25.7 Å². The zero-order valence-electron chi connectivity index (χ0n) is 16.0. The van der Waals surface area contributed by atoms with Gasteiger partial charge in [-0.15, -0.1) is 0 Å². The smallest absolute Gasteiger partial charge is 0.0478 e. The average molecular weight is 126 g/mol. The van der Waals surface area contributed by atoms with Crippen LogP contribution in [-0.4, -0.2) is 25.0 Å². The Bertz CT molecular complexity index is 360. The molecule has 2 N–H and O–H groups in total. The minimum Gasteiger partial charge on any atom is -0.311 e. The van der Waals surface area contributed by atoms with Crippen molar-refractivity contribution >= 4 is 0 Å². The fraction of sp³-hybridized carbons (Fsp3) is 1.00. The molecule has 1 rings (SSSR count). The predicted molar refractivity (Wildman–Crippen MR) is 34.9 cm³/mol. The van der Waals surface area contributed by atoms with Crippen molar-refractivity contribution in [2.24, 2.45) is 0 Å². The van der Waals surface area contributed by atoms with Gasteiger partial charge in [0.2, 0.25) is 0 Å². The maximum Gasteiger partial charge on any atom is 0.0478 e. The largest absolute Gasteiger partial charge is 0.311 e. The number of hydrogen-bond acceptors (Lipinski definition) is 2. The molecular weight excluding hydrogens is 100 g/mol. The summed E-state index contributed by atoms with van der Waals surface area (Å²) >= 11 is 0. The molecule has 2 nitrogen and oxygen atoms in total. The molecule has 1 heterocycles. The summed E-state index contributed by atoms with van der Waals surface area (Å²) in [6.07, 6.45) is 0. The van der Waals surface area contributed by atoms with Crippen molar-refractivity contribution < 1.29 is 16.4 Å². The Morgan fingerprint density at radius 1 is 1.50 bits per heavy atom. The van der Waals surface area contributed by atoms with Crippen molar-refractivity contribution in [3.63, 3.8) is 0 Å². The maximum absolute atomic E-state index is 7.82. The highest BCUT2D eigenvalue weighted by molar-refractivity contribution is 4.79. The van der Waals surface area contributed by atoms with Crippen LogP contribution in [0.2, 0.25) is 0 Å². The van der Waals surface area contributed by atoms with Gasteiger partial charge in [0.1, 0.15) is 0 Å². The van der Waals surface area contributed by atoms with E-state index in [1.165, 1.54) is 0 Å². The summed E-state index contributed by atoms with van der Waals surface area (Å²) in [5, 5.41) is 3.10. The van der Waals surface area contributed by atoms with Crippen molar-refractivity contribution in [3.05, 3.63) is 0 Å². The van der Waals surface area contributed by atoms with Crippen LogP contribution in [0.15, 0.2) is 0 Å². The third-order valence-electron chi connectivity index (χ3n) is 0.688. The fourth-order valence-electron chi connectivity index (χ4n) is 0.312. The summed E-state index contributed by atoms with van der Waals surface area (Å²) in [4.78, 5) is 0. The van der Waals surface area contributed by atoms with Crippen LogP contribution in [0.5, 0.6) is 0 Å². The van der Waals surface area contributed by atoms with Gasteiger partial charge in [-0.25, -0.2) is 0 Å². The van der Waals surface area contributed by atoms with Crippen molar-refractivity contribution in [1.29, 1.82) is 0 Å². The molecule has 2 unspecified atom stereocenters. The second-order valence-corrected chi connectivity index (χ2v) is 1.25. The first kappa shape index (κ1) is 0.956. The van der Waals surface area contributed by atoms with Gasteiger partial charge in [0.15, 0.2) is 0 Å². The Kier molecular flexibility index (Phi) is 0.294. The van der Waals surface area contributed by atoms with E-state index in [9.17, 15) is 0 Å². The van der Waals surface area contributed by atoms with Crippen LogP contribution in [0, 0.1) is 0 Å². The van der Waals surface area contributed by atoms with Crippen LogP contribution in [0.25, 0.3) is 0 Å². The molecular formula is C6H14N2. The monoisotopic (exact) mass is 126 g/mol. The van der Waals surface area contributed by atoms with Crippen molar-refractivity contribution in [3.8, 4) is 0 Å². The number of piperazine rings is 1. The summed E-state index contributed by atoms with van der Waals surface area (Å²) in [6.45, 7) is -12.9. The quantitative estimate of drug-likeness (QED) is 0.476. The molecule has 0 aromatic heterocycles. The molecule has 0 amide bonds. The molecule has 0 aliphatic carbocycles. The van der Waals surface area contributed by atoms with E-state index in [0.29, 0.717) is 0 Å². The standard InChI is InChI=1S/C6H14N2/c1-5-6(2)8-4-3-7-5/h5-8H,3-4H2,1-2H3/i1D3,2D3,3D2,4D2,5D,6D. The second kappa shape index (κ2) is 2.46. The van der Waals surface area contributed by atoms with Crippen molar-refractivity contribution in [1.82, 2.24) is 10.6 Å². The van der Waals surface area contributed by atoms with E-state index in [0.717, 1.165) is 0 Å². The first-order valence-corrected chi connectivity index (χ1v) is 2.00. The van der Waals surface area contributed by atoms with E-state index in [1.807, 2.05) is 0 Å². The van der Waals surface area contributed by atoms with Gasteiger partial charge in [0.05, 0.1) is 0 Å². The molecule has 0 bridgehead atoms. The summed E-state index contributed by atoms with van der Waals surface area (Å²) in [7, 11) is 0. The fourth-order valence-corrected chi connectivity index (χ4v) is 0.312. The van der Waals surface area contributed by atoms with Gasteiger partial charge in [0, 0.05) is 41.5 Å². The van der Waals surface area contributed by atoms with Crippen molar-refractivity contribution in [2.75, 3.05) is 13.0 Å². The highest BCUT2D eigenvalue weighted by Gasteiger charge is 2.13. The lowest BCUT2D eigenvalue weighted by Gasteiger charge is -2.27. The molecule has 1 aliphatic heterocycles. The summed E-state index contributed by atoms with van der Waals surface area (Å²) in [6, 6.07) is -6.55. The van der Waals surface area contributed by atoms with Gasteiger partial charge < -0.3 is 10.6 Å². The summed E-state index contributed by atoms with van der Waals surface area (Å²) < 4.78 is 88.8. The van der Waals surface area contributed by atoms with Crippen LogP contribution in [0.4, 0.5) is 0 Å². The molecule has 2 atom stereocenters. The van der Waals surface area contributed by atoms with Gasteiger partial charge in [0.25, 0.3) is 0 Å². The van der Waals surface area contributed by atoms with Gasteiger partial charge in [-0.2, -0.15) is 0 Å².